The molecule has 7 heteroatoms. The summed E-state index contributed by atoms with van der Waals surface area (Å²) in [5, 5.41) is 7.17. The van der Waals surface area contributed by atoms with E-state index in [0.717, 1.165) is 11.6 Å². The second kappa shape index (κ2) is 5.24. The fraction of sp³-hybridized carbons (Fsp3) is 0.333. The lowest BCUT2D eigenvalue weighted by Gasteiger charge is -2.10. The minimum atomic E-state index is -4.31. The molecule has 0 saturated carbocycles. The summed E-state index contributed by atoms with van der Waals surface area (Å²) >= 11 is 1.31. The molecule has 3 nitrogen and oxygen atoms in total. The van der Waals surface area contributed by atoms with E-state index in [0.29, 0.717) is 22.3 Å². The summed E-state index contributed by atoms with van der Waals surface area (Å²) < 4.78 is 37.9. The molecule has 19 heavy (non-hydrogen) atoms. The van der Waals surface area contributed by atoms with Crippen LogP contribution in [0.3, 0.4) is 0 Å². The number of hydrogen-bond donors (Lipinski definition) is 1. The van der Waals surface area contributed by atoms with Gasteiger partial charge in [-0.3, -0.25) is 5.10 Å². The van der Waals surface area contributed by atoms with Gasteiger partial charge in [-0.1, -0.05) is 17.8 Å². The number of H-pyrrole nitrogens is 1. The maximum atomic E-state index is 12.6. The Balaban J connectivity index is 2.15. The van der Waals surface area contributed by atoms with Gasteiger partial charge in [0.15, 0.2) is 0 Å². The van der Waals surface area contributed by atoms with Crippen LogP contribution in [-0.2, 0) is 11.9 Å². The van der Waals surface area contributed by atoms with Crippen molar-refractivity contribution < 1.29 is 13.2 Å². The highest BCUT2D eigenvalue weighted by Gasteiger charge is 2.30. The van der Waals surface area contributed by atoms with Crippen molar-refractivity contribution in [2.45, 2.75) is 30.9 Å². The van der Waals surface area contributed by atoms with Crippen LogP contribution in [0.5, 0.6) is 0 Å². The summed E-state index contributed by atoms with van der Waals surface area (Å²) in [5.74, 6) is 1.09. The van der Waals surface area contributed by atoms with E-state index in [1.807, 2.05) is 0 Å². The molecule has 0 radical (unpaired) electrons. The fourth-order valence-corrected chi connectivity index (χ4v) is 2.44. The molecule has 2 rings (SSSR count). The van der Waals surface area contributed by atoms with Gasteiger partial charge in [0.05, 0.1) is 5.56 Å². The second-order valence-corrected chi connectivity index (χ2v) is 5.07. The number of aromatic amines is 1. The summed E-state index contributed by atoms with van der Waals surface area (Å²) in [7, 11) is 0. The van der Waals surface area contributed by atoms with E-state index in [-0.39, 0.29) is 0 Å². The van der Waals surface area contributed by atoms with Crippen LogP contribution in [0.4, 0.5) is 13.2 Å². The molecule has 102 valence electrons. The number of benzene rings is 1. The lowest BCUT2D eigenvalue weighted by molar-refractivity contribution is -0.137. The van der Waals surface area contributed by atoms with Crippen LogP contribution >= 0.6 is 11.8 Å². The Bertz CT molecular complexity index is 578. The normalized spacial score (nSPS) is 11.8. The van der Waals surface area contributed by atoms with Crippen LogP contribution in [-0.4, -0.2) is 15.2 Å². The molecule has 0 fully saturated rings. The zero-order valence-electron chi connectivity index (χ0n) is 10.4. The Morgan fingerprint density at radius 3 is 2.58 bits per heavy atom. The Morgan fingerprint density at radius 2 is 2.00 bits per heavy atom. The summed E-state index contributed by atoms with van der Waals surface area (Å²) in [5.41, 5.74) is 0.843. The number of nitrogens with one attached hydrogen (secondary N) is 1. The molecule has 0 aliphatic heterocycles. The van der Waals surface area contributed by atoms with Crippen molar-refractivity contribution in [3.8, 4) is 0 Å². The van der Waals surface area contributed by atoms with Gasteiger partial charge in [-0.15, -0.1) is 5.10 Å². The lowest BCUT2D eigenvalue weighted by Crippen LogP contribution is -2.05. The molecule has 1 N–H and O–H groups in total. The van der Waals surface area contributed by atoms with Gasteiger partial charge in [-0.2, -0.15) is 13.2 Å². The second-order valence-electron chi connectivity index (χ2n) is 4.13. The van der Waals surface area contributed by atoms with Crippen molar-refractivity contribution in [2.75, 3.05) is 0 Å². The largest absolute Gasteiger partial charge is 0.416 e. The molecule has 1 aromatic carbocycles. The van der Waals surface area contributed by atoms with Crippen LogP contribution in [0.25, 0.3) is 0 Å². The molecule has 0 aliphatic carbocycles. The zero-order chi connectivity index (χ0) is 14.0. The number of nitrogens with zero attached hydrogens (tertiary/aromatic N) is 2. The summed E-state index contributed by atoms with van der Waals surface area (Å²) in [6.07, 6.45) is -4.31. The topological polar surface area (TPSA) is 41.6 Å². The third-order valence-electron chi connectivity index (χ3n) is 2.61. The lowest BCUT2D eigenvalue weighted by atomic mass is 10.1. The number of hydrogen-bond acceptors (Lipinski definition) is 3. The standard InChI is InChI=1S/C12H12F3N3S/c1-7-3-4-10(12(13,14)15)5-9(7)6-19-11-16-8(2)17-18-11/h3-5H,6H2,1-2H3,(H,16,17,18). The molecule has 0 bridgehead atoms. The first-order chi connectivity index (χ1) is 8.86. The van der Waals surface area contributed by atoms with E-state index >= 15 is 0 Å². The summed E-state index contributed by atoms with van der Waals surface area (Å²) in [4.78, 5) is 4.10. The number of aryl methyl sites for hydroxylation is 2. The van der Waals surface area contributed by atoms with Crippen molar-refractivity contribution >= 4 is 11.8 Å². The molecule has 1 heterocycles. The number of thioether (sulfide) groups is 1. The van der Waals surface area contributed by atoms with Gasteiger partial charge in [-0.25, -0.2) is 4.98 Å². The van der Waals surface area contributed by atoms with Gasteiger partial charge in [0.25, 0.3) is 0 Å². The highest BCUT2D eigenvalue weighted by atomic mass is 32.2. The van der Waals surface area contributed by atoms with Gasteiger partial charge >= 0.3 is 6.18 Å². The molecular formula is C12H12F3N3S. The third-order valence-corrected chi connectivity index (χ3v) is 3.51. The molecule has 0 amide bonds. The van der Waals surface area contributed by atoms with E-state index in [1.54, 1.807) is 13.8 Å². The van der Waals surface area contributed by atoms with Crippen LogP contribution in [0.2, 0.25) is 0 Å². The maximum Gasteiger partial charge on any atom is 0.416 e. The average Bonchev–Trinajstić information content (AvgIpc) is 2.72. The first kappa shape index (κ1) is 13.9. The first-order valence-electron chi connectivity index (χ1n) is 5.55. The zero-order valence-corrected chi connectivity index (χ0v) is 11.2. The highest BCUT2D eigenvalue weighted by Crippen LogP contribution is 2.32. The van der Waals surface area contributed by atoms with Crippen LogP contribution in [0.15, 0.2) is 23.4 Å². The van der Waals surface area contributed by atoms with E-state index in [2.05, 4.69) is 15.2 Å². The number of halogens is 3. The Labute approximate surface area is 112 Å². The molecule has 0 saturated heterocycles. The van der Waals surface area contributed by atoms with Crippen LogP contribution < -0.4 is 0 Å². The maximum absolute atomic E-state index is 12.6. The van der Waals surface area contributed by atoms with Crippen LogP contribution in [0.1, 0.15) is 22.5 Å². The average molecular weight is 287 g/mol. The molecule has 2 aromatic rings. The minimum Gasteiger partial charge on any atom is -0.262 e. The summed E-state index contributed by atoms with van der Waals surface area (Å²) in [6, 6.07) is 3.77. The molecule has 0 aliphatic rings. The Hall–Kier alpha value is -1.50. The van der Waals surface area contributed by atoms with Gasteiger partial charge in [0, 0.05) is 5.75 Å². The SMILES string of the molecule is Cc1nc(SCc2cc(C(F)(F)F)ccc2C)n[nH]1. The first-order valence-corrected chi connectivity index (χ1v) is 6.53. The Kier molecular flexibility index (Phi) is 3.84. The highest BCUT2D eigenvalue weighted by molar-refractivity contribution is 7.98. The molecule has 0 atom stereocenters. The fourth-order valence-electron chi connectivity index (χ4n) is 1.53. The predicted molar refractivity (Wildman–Crippen MR) is 66.9 cm³/mol. The number of aromatic nitrogens is 3. The smallest absolute Gasteiger partial charge is 0.262 e. The monoisotopic (exact) mass is 287 g/mol. The van der Waals surface area contributed by atoms with Crippen molar-refractivity contribution in [3.05, 3.63) is 40.7 Å². The molecule has 0 unspecified atom stereocenters. The van der Waals surface area contributed by atoms with E-state index < -0.39 is 11.7 Å². The van der Waals surface area contributed by atoms with Gasteiger partial charge in [-0.05, 0) is 37.1 Å². The molecule has 1 aromatic heterocycles. The van der Waals surface area contributed by atoms with E-state index in [9.17, 15) is 13.2 Å². The quantitative estimate of drug-likeness (QED) is 0.874. The van der Waals surface area contributed by atoms with E-state index in [1.165, 1.54) is 23.9 Å². The van der Waals surface area contributed by atoms with Gasteiger partial charge < -0.3 is 0 Å². The van der Waals surface area contributed by atoms with Crippen molar-refractivity contribution in [2.24, 2.45) is 0 Å². The third kappa shape index (κ3) is 3.50. The molecule has 0 spiro atoms. The summed E-state index contributed by atoms with van der Waals surface area (Å²) in [6.45, 7) is 3.56. The van der Waals surface area contributed by atoms with Crippen molar-refractivity contribution in [3.63, 3.8) is 0 Å². The van der Waals surface area contributed by atoms with Gasteiger partial charge in [0.1, 0.15) is 5.82 Å². The van der Waals surface area contributed by atoms with Crippen molar-refractivity contribution in [1.82, 2.24) is 15.2 Å². The number of rotatable bonds is 3. The van der Waals surface area contributed by atoms with Crippen LogP contribution in [0, 0.1) is 13.8 Å². The minimum absolute atomic E-state index is 0.410. The van der Waals surface area contributed by atoms with Crippen molar-refractivity contribution in [1.29, 1.82) is 0 Å². The predicted octanol–water partition coefficient (Wildman–Crippen LogP) is 3.73. The van der Waals surface area contributed by atoms with Gasteiger partial charge in [0.2, 0.25) is 5.16 Å². The molecular weight excluding hydrogens is 275 g/mol. The Morgan fingerprint density at radius 1 is 1.26 bits per heavy atom. The number of alkyl halides is 3. The van der Waals surface area contributed by atoms with E-state index in [4.69, 9.17) is 0 Å².